The Morgan fingerprint density at radius 2 is 1.93 bits per heavy atom. The predicted molar refractivity (Wildman–Crippen MR) is 111 cm³/mol. The van der Waals surface area contributed by atoms with Gasteiger partial charge in [0.2, 0.25) is 0 Å². The molecule has 1 aromatic heterocycles. The van der Waals surface area contributed by atoms with Crippen LogP contribution in [0.1, 0.15) is 18.4 Å². The van der Waals surface area contributed by atoms with Crippen LogP contribution in [0.4, 0.5) is 5.69 Å². The molecule has 0 aliphatic carbocycles. The number of benzene rings is 1. The number of likely N-dealkylation sites (N-methyl/N-ethyl adjacent to an activating group) is 2. The van der Waals surface area contributed by atoms with E-state index in [0.29, 0.717) is 0 Å². The second-order valence-corrected chi connectivity index (χ2v) is 7.59. The maximum absolute atomic E-state index is 5.47. The van der Waals surface area contributed by atoms with Gasteiger partial charge in [-0.05, 0) is 45.0 Å². The van der Waals surface area contributed by atoms with Crippen molar-refractivity contribution in [2.75, 3.05) is 58.9 Å². The van der Waals surface area contributed by atoms with Gasteiger partial charge < -0.3 is 19.9 Å². The Balaban J connectivity index is 1.62. The van der Waals surface area contributed by atoms with Crippen LogP contribution in [-0.4, -0.2) is 69.1 Å². The van der Waals surface area contributed by atoms with Crippen LogP contribution < -0.4 is 10.2 Å². The first-order valence-corrected chi connectivity index (χ1v) is 9.92. The van der Waals surface area contributed by atoms with Crippen molar-refractivity contribution in [2.45, 2.75) is 19.4 Å². The van der Waals surface area contributed by atoms with Gasteiger partial charge in [0.25, 0.3) is 0 Å². The lowest BCUT2D eigenvalue weighted by molar-refractivity contribution is 0.0685. The molecule has 6 heteroatoms. The van der Waals surface area contributed by atoms with E-state index in [-0.39, 0.29) is 0 Å². The molecule has 2 N–H and O–H groups in total. The van der Waals surface area contributed by atoms with Crippen LogP contribution in [0.3, 0.4) is 0 Å². The van der Waals surface area contributed by atoms with Crippen LogP contribution in [0.15, 0.2) is 30.5 Å². The van der Waals surface area contributed by atoms with Crippen molar-refractivity contribution in [1.82, 2.24) is 20.4 Å². The summed E-state index contributed by atoms with van der Waals surface area (Å²) in [5.41, 5.74) is 4.80. The summed E-state index contributed by atoms with van der Waals surface area (Å²) in [6, 6.07) is 8.81. The second kappa shape index (κ2) is 9.88. The summed E-state index contributed by atoms with van der Waals surface area (Å²) in [5, 5.41) is 10.6. The molecule has 0 radical (unpaired) electrons. The zero-order chi connectivity index (χ0) is 19.1. The SMILES string of the molecule is CNCCN(C)Cc1cn[nH]c1-c1ccc(N(C)CC2CCOCC2)cc1. The minimum atomic E-state index is 0.732. The number of ether oxygens (including phenoxy) is 1. The van der Waals surface area contributed by atoms with Crippen molar-refractivity contribution in [1.29, 1.82) is 0 Å². The lowest BCUT2D eigenvalue weighted by Crippen LogP contribution is -2.29. The molecule has 0 saturated carbocycles. The summed E-state index contributed by atoms with van der Waals surface area (Å²) >= 11 is 0. The predicted octanol–water partition coefficient (Wildman–Crippen LogP) is 2.59. The number of aromatic nitrogens is 2. The Hall–Kier alpha value is -1.89. The van der Waals surface area contributed by atoms with Gasteiger partial charge >= 0.3 is 0 Å². The van der Waals surface area contributed by atoms with Gasteiger partial charge in [0.15, 0.2) is 0 Å². The number of nitrogens with zero attached hydrogens (tertiary/aromatic N) is 3. The summed E-state index contributed by atoms with van der Waals surface area (Å²) in [5.74, 6) is 0.732. The highest BCUT2D eigenvalue weighted by Gasteiger charge is 2.16. The molecule has 0 atom stereocenters. The number of nitrogens with one attached hydrogen (secondary N) is 2. The Bertz CT molecular complexity index is 678. The van der Waals surface area contributed by atoms with Gasteiger partial charge in [0.05, 0.1) is 11.9 Å². The van der Waals surface area contributed by atoms with Crippen molar-refractivity contribution in [2.24, 2.45) is 5.92 Å². The molecular weight excluding hydrogens is 338 g/mol. The fourth-order valence-electron chi connectivity index (χ4n) is 3.66. The molecule has 3 rings (SSSR count). The normalized spacial score (nSPS) is 15.4. The molecule has 1 aliphatic heterocycles. The van der Waals surface area contributed by atoms with Gasteiger partial charge in [-0.25, -0.2) is 0 Å². The van der Waals surface area contributed by atoms with E-state index in [1.54, 1.807) is 0 Å². The van der Waals surface area contributed by atoms with E-state index in [0.717, 1.165) is 51.0 Å². The second-order valence-electron chi connectivity index (χ2n) is 7.59. The minimum Gasteiger partial charge on any atom is -0.381 e. The van der Waals surface area contributed by atoms with E-state index >= 15 is 0 Å². The molecular formula is C21H33N5O. The summed E-state index contributed by atoms with van der Waals surface area (Å²) in [6.07, 6.45) is 4.28. The lowest BCUT2D eigenvalue weighted by atomic mass is 9.99. The first-order chi connectivity index (χ1) is 13.2. The third-order valence-corrected chi connectivity index (χ3v) is 5.37. The quantitative estimate of drug-likeness (QED) is 0.710. The molecule has 1 saturated heterocycles. The van der Waals surface area contributed by atoms with Crippen LogP contribution in [0.5, 0.6) is 0 Å². The number of hydrogen-bond donors (Lipinski definition) is 2. The van der Waals surface area contributed by atoms with Crippen molar-refractivity contribution in [3.05, 3.63) is 36.0 Å². The van der Waals surface area contributed by atoms with Gasteiger partial charge in [0, 0.05) is 63.3 Å². The molecule has 1 fully saturated rings. The molecule has 6 nitrogen and oxygen atoms in total. The van der Waals surface area contributed by atoms with E-state index < -0.39 is 0 Å². The highest BCUT2D eigenvalue weighted by molar-refractivity contribution is 5.65. The summed E-state index contributed by atoms with van der Waals surface area (Å²) < 4.78 is 5.47. The largest absolute Gasteiger partial charge is 0.381 e. The monoisotopic (exact) mass is 371 g/mol. The number of hydrogen-bond acceptors (Lipinski definition) is 5. The van der Waals surface area contributed by atoms with E-state index in [2.05, 4.69) is 63.7 Å². The third kappa shape index (κ3) is 5.54. The van der Waals surface area contributed by atoms with Crippen LogP contribution in [0, 0.1) is 5.92 Å². The van der Waals surface area contributed by atoms with Crippen LogP contribution in [0.25, 0.3) is 11.3 Å². The molecule has 27 heavy (non-hydrogen) atoms. The zero-order valence-electron chi connectivity index (χ0n) is 16.9. The molecule has 148 valence electrons. The van der Waals surface area contributed by atoms with Crippen LogP contribution in [0.2, 0.25) is 0 Å². The van der Waals surface area contributed by atoms with E-state index in [1.165, 1.54) is 29.7 Å². The van der Waals surface area contributed by atoms with Gasteiger partial charge in [-0.2, -0.15) is 5.10 Å². The molecule has 1 aromatic carbocycles. The summed E-state index contributed by atoms with van der Waals surface area (Å²) in [6.45, 7) is 5.79. The average Bonchev–Trinajstić information content (AvgIpc) is 3.15. The molecule has 1 aliphatic rings. The highest BCUT2D eigenvalue weighted by Crippen LogP contribution is 2.26. The smallest absolute Gasteiger partial charge is 0.0695 e. The van der Waals surface area contributed by atoms with Crippen molar-refractivity contribution >= 4 is 5.69 Å². The Labute approximate surface area is 162 Å². The number of aromatic amines is 1. The Morgan fingerprint density at radius 3 is 2.63 bits per heavy atom. The van der Waals surface area contributed by atoms with Crippen molar-refractivity contribution in [3.8, 4) is 11.3 Å². The fourth-order valence-corrected chi connectivity index (χ4v) is 3.66. The molecule has 2 heterocycles. The molecule has 2 aromatic rings. The standard InChI is InChI=1S/C21H33N5O/c1-22-10-11-25(2)16-19-14-23-24-21(19)18-4-6-20(7-5-18)26(3)15-17-8-12-27-13-9-17/h4-7,14,17,22H,8-13,15-16H2,1-3H3,(H,23,24). The van der Waals surface area contributed by atoms with Crippen molar-refractivity contribution in [3.63, 3.8) is 0 Å². The lowest BCUT2D eigenvalue weighted by Gasteiger charge is -2.28. The zero-order valence-corrected chi connectivity index (χ0v) is 16.9. The third-order valence-electron chi connectivity index (χ3n) is 5.37. The van der Waals surface area contributed by atoms with Crippen LogP contribution in [-0.2, 0) is 11.3 Å². The van der Waals surface area contributed by atoms with Gasteiger partial charge in [-0.1, -0.05) is 12.1 Å². The maximum atomic E-state index is 5.47. The Kier molecular flexibility index (Phi) is 7.26. The maximum Gasteiger partial charge on any atom is 0.0695 e. The topological polar surface area (TPSA) is 56.4 Å². The fraction of sp³-hybridized carbons (Fsp3) is 0.571. The van der Waals surface area contributed by atoms with Crippen LogP contribution >= 0.6 is 0 Å². The number of H-pyrrole nitrogens is 1. The molecule has 0 bridgehead atoms. The minimum absolute atomic E-state index is 0.732. The average molecular weight is 372 g/mol. The number of rotatable bonds is 9. The Morgan fingerprint density at radius 1 is 1.19 bits per heavy atom. The van der Waals surface area contributed by atoms with Gasteiger partial charge in [-0.3, -0.25) is 5.10 Å². The van der Waals surface area contributed by atoms with Crippen molar-refractivity contribution < 1.29 is 4.74 Å². The summed E-state index contributed by atoms with van der Waals surface area (Å²) in [7, 11) is 6.31. The summed E-state index contributed by atoms with van der Waals surface area (Å²) in [4.78, 5) is 4.67. The number of anilines is 1. The van der Waals surface area contributed by atoms with E-state index in [1.807, 2.05) is 13.2 Å². The van der Waals surface area contributed by atoms with Gasteiger partial charge in [0.1, 0.15) is 0 Å². The highest BCUT2D eigenvalue weighted by atomic mass is 16.5. The first kappa shape index (κ1) is 19.9. The van der Waals surface area contributed by atoms with E-state index in [4.69, 9.17) is 4.74 Å². The molecule has 0 spiro atoms. The van der Waals surface area contributed by atoms with Gasteiger partial charge in [-0.15, -0.1) is 0 Å². The molecule has 0 unspecified atom stereocenters. The first-order valence-electron chi connectivity index (χ1n) is 9.92. The van der Waals surface area contributed by atoms with E-state index in [9.17, 15) is 0 Å². The molecule has 0 amide bonds.